The summed E-state index contributed by atoms with van der Waals surface area (Å²) < 4.78 is 0. The van der Waals surface area contributed by atoms with Crippen molar-refractivity contribution in [2.75, 3.05) is 12.3 Å². The number of hydrogen-bond acceptors (Lipinski definition) is 4. The number of carboxylic acid groups (broad SMARTS) is 1. The minimum Gasteiger partial charge on any atom is -0.479 e. The summed E-state index contributed by atoms with van der Waals surface area (Å²) in [6.07, 6.45) is 0. The van der Waals surface area contributed by atoms with Gasteiger partial charge in [-0.25, -0.2) is 4.79 Å². The fraction of sp³-hybridized carbons (Fsp3) is 0.385. The van der Waals surface area contributed by atoms with Crippen molar-refractivity contribution < 1.29 is 19.8 Å². The Bertz CT molecular complexity index is 537. The van der Waals surface area contributed by atoms with E-state index in [1.54, 1.807) is 18.2 Å². The van der Waals surface area contributed by atoms with Crippen LogP contribution in [0, 0.1) is 0 Å². The Morgan fingerprint density at radius 2 is 2.05 bits per heavy atom. The van der Waals surface area contributed by atoms with Gasteiger partial charge in [0.05, 0.1) is 12.3 Å². The summed E-state index contributed by atoms with van der Waals surface area (Å²) in [6, 6.07) is 5.13. The van der Waals surface area contributed by atoms with E-state index in [0.29, 0.717) is 15.8 Å². The predicted octanol–water partition coefficient (Wildman–Crippen LogP) is 2.18. The van der Waals surface area contributed by atoms with Crippen LogP contribution in [0.1, 0.15) is 12.5 Å². The highest BCUT2D eigenvalue weighted by molar-refractivity contribution is 7.99. The Hall–Kier alpha value is -0.950. The van der Waals surface area contributed by atoms with Crippen LogP contribution in [0.4, 0.5) is 0 Å². The van der Waals surface area contributed by atoms with Crippen LogP contribution in [-0.2, 0) is 15.3 Å². The Balaban J connectivity index is 2.35. The van der Waals surface area contributed by atoms with Gasteiger partial charge in [-0.15, -0.1) is 11.8 Å². The van der Waals surface area contributed by atoms with E-state index in [-0.39, 0.29) is 18.2 Å². The number of nitrogens with one attached hydrogen (secondary N) is 1. The van der Waals surface area contributed by atoms with Gasteiger partial charge in [0.15, 0.2) is 5.60 Å². The third-order valence-electron chi connectivity index (χ3n) is 2.60. The Labute approximate surface area is 136 Å². The highest BCUT2D eigenvalue weighted by atomic mass is 35.5. The minimum absolute atomic E-state index is 0.134. The molecule has 0 aliphatic rings. The van der Waals surface area contributed by atoms with Gasteiger partial charge in [-0.1, -0.05) is 29.3 Å². The lowest BCUT2D eigenvalue weighted by molar-refractivity contribution is -0.156. The third-order valence-corrected chi connectivity index (χ3v) is 4.16. The molecule has 0 saturated carbocycles. The molecular weight excluding hydrogens is 337 g/mol. The maximum Gasteiger partial charge on any atom is 0.337 e. The van der Waals surface area contributed by atoms with Crippen LogP contribution < -0.4 is 5.32 Å². The molecule has 1 amide bonds. The first-order chi connectivity index (χ1) is 9.72. The lowest BCUT2D eigenvalue weighted by Crippen LogP contribution is -2.46. The van der Waals surface area contributed by atoms with Crippen molar-refractivity contribution in [3.63, 3.8) is 0 Å². The molecule has 21 heavy (non-hydrogen) atoms. The van der Waals surface area contributed by atoms with Gasteiger partial charge in [0.1, 0.15) is 0 Å². The molecule has 0 spiro atoms. The molecule has 0 heterocycles. The zero-order valence-electron chi connectivity index (χ0n) is 11.2. The summed E-state index contributed by atoms with van der Waals surface area (Å²) in [7, 11) is 0. The van der Waals surface area contributed by atoms with Crippen molar-refractivity contribution in [3.8, 4) is 0 Å². The number of aliphatic carboxylic acids is 1. The zero-order valence-corrected chi connectivity index (χ0v) is 13.6. The summed E-state index contributed by atoms with van der Waals surface area (Å²) in [5, 5.41) is 21.6. The molecule has 1 unspecified atom stereocenters. The molecule has 0 fully saturated rings. The molecule has 0 saturated heterocycles. The molecule has 0 bridgehead atoms. The highest BCUT2D eigenvalue weighted by Gasteiger charge is 2.30. The number of carbonyl (C=O) groups excluding carboxylic acids is 1. The van der Waals surface area contributed by atoms with Crippen molar-refractivity contribution in [3.05, 3.63) is 33.8 Å². The van der Waals surface area contributed by atoms with Crippen molar-refractivity contribution in [2.45, 2.75) is 18.3 Å². The lowest BCUT2D eigenvalue weighted by Gasteiger charge is -2.18. The number of rotatable bonds is 7. The molecule has 116 valence electrons. The maximum absolute atomic E-state index is 11.6. The zero-order chi connectivity index (χ0) is 16.0. The van der Waals surface area contributed by atoms with Crippen LogP contribution in [0.15, 0.2) is 18.2 Å². The molecule has 1 rings (SSSR count). The molecule has 1 atom stereocenters. The number of halogens is 2. The van der Waals surface area contributed by atoms with E-state index in [1.807, 2.05) is 0 Å². The number of carboxylic acids is 1. The van der Waals surface area contributed by atoms with Gasteiger partial charge in [0, 0.05) is 15.8 Å². The number of amides is 1. The SMILES string of the molecule is CC(O)(CNC(=O)CSCc1ccc(Cl)cc1Cl)C(=O)O. The quantitative estimate of drug-likeness (QED) is 0.700. The van der Waals surface area contributed by atoms with Crippen LogP contribution >= 0.6 is 35.0 Å². The van der Waals surface area contributed by atoms with Crippen molar-refractivity contribution >= 4 is 46.8 Å². The second kappa shape index (κ2) is 7.89. The van der Waals surface area contributed by atoms with Crippen LogP contribution in [0.5, 0.6) is 0 Å². The van der Waals surface area contributed by atoms with E-state index in [9.17, 15) is 14.7 Å². The Kier molecular flexibility index (Phi) is 6.80. The Morgan fingerprint density at radius 1 is 1.38 bits per heavy atom. The first kappa shape index (κ1) is 18.1. The molecule has 3 N–H and O–H groups in total. The number of hydrogen-bond donors (Lipinski definition) is 3. The predicted molar refractivity (Wildman–Crippen MR) is 83.9 cm³/mol. The topological polar surface area (TPSA) is 86.6 Å². The molecule has 0 radical (unpaired) electrons. The van der Waals surface area contributed by atoms with E-state index < -0.39 is 11.6 Å². The monoisotopic (exact) mass is 351 g/mol. The number of benzene rings is 1. The standard InChI is InChI=1S/C13H15Cl2NO4S/c1-13(20,12(18)19)7-16-11(17)6-21-5-8-2-3-9(14)4-10(8)15/h2-4,20H,5-7H2,1H3,(H,16,17)(H,18,19). The lowest BCUT2D eigenvalue weighted by atomic mass is 10.1. The van der Waals surface area contributed by atoms with Crippen LogP contribution in [0.2, 0.25) is 10.0 Å². The smallest absolute Gasteiger partial charge is 0.337 e. The van der Waals surface area contributed by atoms with Gasteiger partial charge >= 0.3 is 5.97 Å². The van der Waals surface area contributed by atoms with E-state index >= 15 is 0 Å². The summed E-state index contributed by atoms with van der Waals surface area (Å²) >= 11 is 13.1. The number of aliphatic hydroxyl groups is 1. The normalized spacial score (nSPS) is 13.5. The van der Waals surface area contributed by atoms with Crippen molar-refractivity contribution in [1.82, 2.24) is 5.32 Å². The van der Waals surface area contributed by atoms with E-state index in [4.69, 9.17) is 28.3 Å². The molecule has 0 aliphatic heterocycles. The van der Waals surface area contributed by atoms with Gasteiger partial charge in [-0.2, -0.15) is 0 Å². The van der Waals surface area contributed by atoms with Crippen LogP contribution in [-0.4, -0.2) is 40.0 Å². The van der Waals surface area contributed by atoms with E-state index in [2.05, 4.69) is 5.32 Å². The van der Waals surface area contributed by atoms with E-state index in [0.717, 1.165) is 12.5 Å². The fourth-order valence-corrected chi connectivity index (χ4v) is 2.71. The highest BCUT2D eigenvalue weighted by Crippen LogP contribution is 2.24. The average molecular weight is 352 g/mol. The van der Waals surface area contributed by atoms with Gasteiger partial charge in [0.2, 0.25) is 5.91 Å². The largest absolute Gasteiger partial charge is 0.479 e. The van der Waals surface area contributed by atoms with E-state index in [1.165, 1.54) is 11.8 Å². The average Bonchev–Trinajstić information content (AvgIpc) is 2.39. The van der Waals surface area contributed by atoms with Gasteiger partial charge < -0.3 is 15.5 Å². The summed E-state index contributed by atoms with van der Waals surface area (Å²) in [5.74, 6) is -1.08. The van der Waals surface area contributed by atoms with Gasteiger partial charge in [-0.3, -0.25) is 4.79 Å². The summed E-state index contributed by atoms with van der Waals surface area (Å²) in [6.45, 7) is 0.777. The molecule has 1 aromatic carbocycles. The van der Waals surface area contributed by atoms with Gasteiger partial charge in [-0.05, 0) is 24.6 Å². The van der Waals surface area contributed by atoms with Crippen LogP contribution in [0.3, 0.4) is 0 Å². The summed E-state index contributed by atoms with van der Waals surface area (Å²) in [4.78, 5) is 22.2. The molecule has 8 heteroatoms. The Morgan fingerprint density at radius 3 is 2.62 bits per heavy atom. The molecule has 0 aliphatic carbocycles. The number of thioether (sulfide) groups is 1. The first-order valence-electron chi connectivity index (χ1n) is 5.96. The maximum atomic E-state index is 11.6. The van der Waals surface area contributed by atoms with Crippen molar-refractivity contribution in [1.29, 1.82) is 0 Å². The molecule has 1 aromatic rings. The molecule has 5 nitrogen and oxygen atoms in total. The number of carbonyl (C=O) groups is 2. The molecular formula is C13H15Cl2NO4S. The fourth-order valence-electron chi connectivity index (χ4n) is 1.29. The molecule has 0 aromatic heterocycles. The minimum atomic E-state index is -1.97. The second-order valence-corrected chi connectivity index (χ2v) is 6.41. The van der Waals surface area contributed by atoms with Crippen LogP contribution in [0.25, 0.3) is 0 Å². The second-order valence-electron chi connectivity index (χ2n) is 4.58. The van der Waals surface area contributed by atoms with Crippen molar-refractivity contribution in [2.24, 2.45) is 0 Å². The first-order valence-corrected chi connectivity index (χ1v) is 7.87. The third kappa shape index (κ3) is 6.13. The van der Waals surface area contributed by atoms with Gasteiger partial charge in [0.25, 0.3) is 0 Å². The summed E-state index contributed by atoms with van der Waals surface area (Å²) in [5.41, 5.74) is -1.11.